The lowest BCUT2D eigenvalue weighted by atomic mass is 10.1. The Hall–Kier alpha value is -1.68. The minimum absolute atomic E-state index is 0.164. The van der Waals surface area contributed by atoms with Gasteiger partial charge in [0.15, 0.2) is 0 Å². The van der Waals surface area contributed by atoms with E-state index in [0.29, 0.717) is 12.1 Å². The molecule has 1 aromatic heterocycles. The lowest BCUT2D eigenvalue weighted by Crippen LogP contribution is -2.12. The SMILES string of the molecule is CCNCc1ccc(F)c(Cn2ccnc2C)c1. The summed E-state index contributed by atoms with van der Waals surface area (Å²) < 4.78 is 15.7. The number of aryl methyl sites for hydroxylation is 1. The summed E-state index contributed by atoms with van der Waals surface area (Å²) in [6, 6.07) is 5.27. The topological polar surface area (TPSA) is 29.9 Å². The molecule has 0 saturated heterocycles. The van der Waals surface area contributed by atoms with Crippen molar-refractivity contribution >= 4 is 0 Å². The first-order valence-electron chi connectivity index (χ1n) is 6.16. The van der Waals surface area contributed by atoms with Gasteiger partial charge in [-0.3, -0.25) is 0 Å². The van der Waals surface area contributed by atoms with Crippen LogP contribution >= 0.6 is 0 Å². The van der Waals surface area contributed by atoms with Gasteiger partial charge >= 0.3 is 0 Å². The molecule has 2 rings (SSSR count). The van der Waals surface area contributed by atoms with Gasteiger partial charge in [-0.25, -0.2) is 9.37 Å². The number of hydrogen-bond acceptors (Lipinski definition) is 2. The van der Waals surface area contributed by atoms with Gasteiger partial charge in [0.1, 0.15) is 11.6 Å². The number of benzene rings is 1. The highest BCUT2D eigenvalue weighted by molar-refractivity contribution is 5.25. The second kappa shape index (κ2) is 5.78. The zero-order valence-electron chi connectivity index (χ0n) is 10.8. The van der Waals surface area contributed by atoms with Gasteiger partial charge in [-0.15, -0.1) is 0 Å². The maximum absolute atomic E-state index is 13.8. The van der Waals surface area contributed by atoms with E-state index in [-0.39, 0.29) is 5.82 Å². The molecular weight excluding hydrogens is 229 g/mol. The third kappa shape index (κ3) is 2.96. The van der Waals surface area contributed by atoms with Crippen LogP contribution in [-0.4, -0.2) is 16.1 Å². The fraction of sp³-hybridized carbons (Fsp3) is 0.357. The number of aromatic nitrogens is 2. The Kier molecular flexibility index (Phi) is 4.10. The molecule has 4 heteroatoms. The predicted molar refractivity (Wildman–Crippen MR) is 69.8 cm³/mol. The monoisotopic (exact) mass is 247 g/mol. The van der Waals surface area contributed by atoms with Crippen LogP contribution in [0.5, 0.6) is 0 Å². The molecule has 0 aliphatic carbocycles. The largest absolute Gasteiger partial charge is 0.331 e. The minimum atomic E-state index is -0.164. The zero-order valence-corrected chi connectivity index (χ0v) is 10.8. The Balaban J connectivity index is 2.18. The van der Waals surface area contributed by atoms with Crippen molar-refractivity contribution in [2.75, 3.05) is 6.54 Å². The second-order valence-corrected chi connectivity index (χ2v) is 4.31. The highest BCUT2D eigenvalue weighted by atomic mass is 19.1. The van der Waals surface area contributed by atoms with Crippen LogP contribution in [0.25, 0.3) is 0 Å². The molecule has 0 spiro atoms. The smallest absolute Gasteiger partial charge is 0.128 e. The van der Waals surface area contributed by atoms with E-state index in [9.17, 15) is 4.39 Å². The van der Waals surface area contributed by atoms with Crippen molar-refractivity contribution in [2.24, 2.45) is 0 Å². The summed E-state index contributed by atoms with van der Waals surface area (Å²) in [6.45, 7) is 6.18. The van der Waals surface area contributed by atoms with Gasteiger partial charge in [-0.1, -0.05) is 13.0 Å². The maximum Gasteiger partial charge on any atom is 0.128 e. The first kappa shape index (κ1) is 12.8. The van der Waals surface area contributed by atoms with Crippen molar-refractivity contribution in [3.05, 3.63) is 53.4 Å². The first-order valence-corrected chi connectivity index (χ1v) is 6.16. The summed E-state index contributed by atoms with van der Waals surface area (Å²) in [5.41, 5.74) is 1.80. The summed E-state index contributed by atoms with van der Waals surface area (Å²) >= 11 is 0. The van der Waals surface area contributed by atoms with Gasteiger partial charge in [0.05, 0.1) is 6.54 Å². The third-order valence-corrected chi connectivity index (χ3v) is 2.95. The summed E-state index contributed by atoms with van der Waals surface area (Å²) in [5.74, 6) is 0.731. The number of imidazole rings is 1. The van der Waals surface area contributed by atoms with Gasteiger partial charge in [0, 0.05) is 24.5 Å². The quantitative estimate of drug-likeness (QED) is 0.879. The van der Waals surface area contributed by atoms with Crippen LogP contribution in [0.4, 0.5) is 4.39 Å². The number of nitrogens with one attached hydrogen (secondary N) is 1. The van der Waals surface area contributed by atoms with Crippen molar-refractivity contribution in [2.45, 2.75) is 26.9 Å². The molecule has 0 aliphatic rings. The molecule has 96 valence electrons. The van der Waals surface area contributed by atoms with Crippen LogP contribution < -0.4 is 5.32 Å². The summed E-state index contributed by atoms with van der Waals surface area (Å²) in [7, 11) is 0. The highest BCUT2D eigenvalue weighted by Gasteiger charge is 2.06. The molecule has 0 saturated carbocycles. The molecule has 0 radical (unpaired) electrons. The molecule has 0 atom stereocenters. The molecule has 1 aromatic carbocycles. The second-order valence-electron chi connectivity index (χ2n) is 4.31. The molecular formula is C14H18FN3. The zero-order chi connectivity index (χ0) is 13.0. The van der Waals surface area contributed by atoms with Gasteiger partial charge in [0.2, 0.25) is 0 Å². The minimum Gasteiger partial charge on any atom is -0.331 e. The van der Waals surface area contributed by atoms with E-state index < -0.39 is 0 Å². The van der Waals surface area contributed by atoms with Crippen LogP contribution in [0.2, 0.25) is 0 Å². The summed E-state index contributed by atoms with van der Waals surface area (Å²) in [6.07, 6.45) is 3.60. The Morgan fingerprint density at radius 1 is 1.39 bits per heavy atom. The molecule has 1 N–H and O–H groups in total. The van der Waals surface area contributed by atoms with E-state index in [1.165, 1.54) is 6.07 Å². The van der Waals surface area contributed by atoms with E-state index in [0.717, 1.165) is 24.5 Å². The first-order chi connectivity index (χ1) is 8.70. The van der Waals surface area contributed by atoms with Crippen molar-refractivity contribution in [1.29, 1.82) is 0 Å². The van der Waals surface area contributed by atoms with E-state index in [4.69, 9.17) is 0 Å². The van der Waals surface area contributed by atoms with Gasteiger partial charge in [0.25, 0.3) is 0 Å². The average Bonchev–Trinajstić information content (AvgIpc) is 2.76. The molecule has 0 bridgehead atoms. The number of nitrogens with zero attached hydrogens (tertiary/aromatic N) is 2. The number of hydrogen-bond donors (Lipinski definition) is 1. The fourth-order valence-electron chi connectivity index (χ4n) is 1.88. The van der Waals surface area contributed by atoms with Crippen molar-refractivity contribution < 1.29 is 4.39 Å². The van der Waals surface area contributed by atoms with E-state index in [1.807, 2.05) is 29.8 Å². The standard InChI is InChI=1S/C14H18FN3/c1-3-16-9-12-4-5-14(15)13(8-12)10-18-7-6-17-11(18)2/h4-8,16H,3,9-10H2,1-2H3. The third-order valence-electron chi connectivity index (χ3n) is 2.95. The fourth-order valence-corrected chi connectivity index (χ4v) is 1.88. The highest BCUT2D eigenvalue weighted by Crippen LogP contribution is 2.13. The Labute approximate surface area is 107 Å². The van der Waals surface area contributed by atoms with Gasteiger partial charge in [-0.05, 0) is 31.2 Å². The molecule has 3 nitrogen and oxygen atoms in total. The van der Waals surface area contributed by atoms with Gasteiger partial charge in [-0.2, -0.15) is 0 Å². The Morgan fingerprint density at radius 2 is 2.22 bits per heavy atom. The summed E-state index contributed by atoms with van der Waals surface area (Å²) in [4.78, 5) is 4.14. The number of rotatable bonds is 5. The van der Waals surface area contributed by atoms with E-state index in [1.54, 1.807) is 6.20 Å². The molecule has 0 fully saturated rings. The van der Waals surface area contributed by atoms with Crippen LogP contribution in [0.3, 0.4) is 0 Å². The van der Waals surface area contributed by atoms with Gasteiger partial charge < -0.3 is 9.88 Å². The van der Waals surface area contributed by atoms with Crippen LogP contribution in [0.15, 0.2) is 30.6 Å². The Morgan fingerprint density at radius 3 is 2.89 bits per heavy atom. The maximum atomic E-state index is 13.8. The number of halogens is 1. The Bertz CT molecular complexity index is 520. The molecule has 1 heterocycles. The molecule has 18 heavy (non-hydrogen) atoms. The average molecular weight is 247 g/mol. The van der Waals surface area contributed by atoms with Crippen molar-refractivity contribution in [3.8, 4) is 0 Å². The molecule has 0 aliphatic heterocycles. The lowest BCUT2D eigenvalue weighted by Gasteiger charge is -2.09. The van der Waals surface area contributed by atoms with Crippen LogP contribution in [0.1, 0.15) is 23.9 Å². The molecule has 0 amide bonds. The van der Waals surface area contributed by atoms with E-state index in [2.05, 4.69) is 17.2 Å². The predicted octanol–water partition coefficient (Wildman–Crippen LogP) is 2.49. The molecule has 2 aromatic rings. The van der Waals surface area contributed by atoms with Crippen molar-refractivity contribution in [3.63, 3.8) is 0 Å². The van der Waals surface area contributed by atoms with E-state index >= 15 is 0 Å². The summed E-state index contributed by atoms with van der Waals surface area (Å²) in [5, 5.41) is 3.24. The van der Waals surface area contributed by atoms with Crippen molar-refractivity contribution in [1.82, 2.24) is 14.9 Å². The lowest BCUT2D eigenvalue weighted by molar-refractivity contribution is 0.594. The van der Waals surface area contributed by atoms with Crippen LogP contribution in [-0.2, 0) is 13.1 Å². The van der Waals surface area contributed by atoms with Crippen LogP contribution in [0, 0.1) is 12.7 Å². The normalized spacial score (nSPS) is 10.8. The molecule has 0 unspecified atom stereocenters.